The largest absolute Gasteiger partial charge is 0.393 e. The summed E-state index contributed by atoms with van der Waals surface area (Å²) in [5.74, 6) is 1.86. The molecule has 2 saturated carbocycles. The molecule has 3 aliphatic heterocycles. The predicted molar refractivity (Wildman–Crippen MR) is 112 cm³/mol. The number of rotatable bonds is 4. The predicted octanol–water partition coefficient (Wildman–Crippen LogP) is 1.25. The van der Waals surface area contributed by atoms with Crippen LogP contribution in [0, 0.1) is 11.8 Å². The number of fused-ring (bicyclic) bond motifs is 2. The minimum absolute atomic E-state index is 0.0449. The van der Waals surface area contributed by atoms with Crippen molar-refractivity contribution in [2.75, 3.05) is 13.1 Å². The highest BCUT2D eigenvalue weighted by Crippen LogP contribution is 2.40. The van der Waals surface area contributed by atoms with Crippen LogP contribution in [-0.4, -0.2) is 70.0 Å². The van der Waals surface area contributed by atoms with Gasteiger partial charge in [-0.05, 0) is 43.9 Å². The van der Waals surface area contributed by atoms with Gasteiger partial charge in [-0.1, -0.05) is 26.2 Å². The fourth-order valence-electron chi connectivity index (χ4n) is 6.30. The molecule has 7 atom stereocenters. The standard InChI is InChI=1S/C21H36N4O2S/c1-2-12-4-3-5-16-15(12)10-18(23-16)20(27)25-7-6-17-19(11-25)28-21(24-17)22-13-8-14(26)9-13/h12-19,21-24,26H,2-11H2,1H3. The molecule has 0 aromatic carbocycles. The van der Waals surface area contributed by atoms with Crippen molar-refractivity contribution >= 4 is 17.7 Å². The molecule has 3 heterocycles. The molecule has 7 heteroatoms. The van der Waals surface area contributed by atoms with Crippen molar-refractivity contribution in [3.63, 3.8) is 0 Å². The number of hydrogen-bond acceptors (Lipinski definition) is 6. The lowest BCUT2D eigenvalue weighted by atomic mass is 9.75. The first kappa shape index (κ1) is 19.6. The van der Waals surface area contributed by atoms with Gasteiger partial charge in [0.25, 0.3) is 0 Å². The van der Waals surface area contributed by atoms with Gasteiger partial charge in [-0.15, -0.1) is 11.8 Å². The summed E-state index contributed by atoms with van der Waals surface area (Å²) in [4.78, 5) is 15.4. The molecular weight excluding hydrogens is 372 g/mol. The number of nitrogens with one attached hydrogen (secondary N) is 3. The number of nitrogens with zero attached hydrogens (tertiary/aromatic N) is 1. The summed E-state index contributed by atoms with van der Waals surface area (Å²) in [6, 6.07) is 1.55. The molecule has 0 radical (unpaired) electrons. The molecular formula is C21H36N4O2S. The quantitative estimate of drug-likeness (QED) is 0.561. The molecule has 1 amide bonds. The van der Waals surface area contributed by atoms with Gasteiger partial charge in [0.1, 0.15) is 5.50 Å². The van der Waals surface area contributed by atoms with Crippen molar-refractivity contribution in [1.82, 2.24) is 20.9 Å². The Morgan fingerprint density at radius 3 is 2.82 bits per heavy atom. The Balaban J connectivity index is 1.14. The normalized spacial score (nSPS) is 48.1. The summed E-state index contributed by atoms with van der Waals surface area (Å²) in [6.07, 6.45) is 8.88. The average Bonchev–Trinajstić information content (AvgIpc) is 3.28. The number of thioether (sulfide) groups is 1. The average molecular weight is 409 g/mol. The van der Waals surface area contributed by atoms with Crippen LogP contribution in [0.15, 0.2) is 0 Å². The molecule has 3 saturated heterocycles. The molecule has 5 aliphatic rings. The van der Waals surface area contributed by atoms with Gasteiger partial charge < -0.3 is 15.3 Å². The highest BCUT2D eigenvalue weighted by molar-refractivity contribution is 8.00. The van der Waals surface area contributed by atoms with Gasteiger partial charge in [0, 0.05) is 36.5 Å². The van der Waals surface area contributed by atoms with E-state index in [-0.39, 0.29) is 17.6 Å². The van der Waals surface area contributed by atoms with E-state index in [4.69, 9.17) is 0 Å². The molecule has 0 aromatic rings. The zero-order valence-electron chi connectivity index (χ0n) is 17.0. The number of hydrogen-bond donors (Lipinski definition) is 4. The Labute approximate surface area is 172 Å². The summed E-state index contributed by atoms with van der Waals surface area (Å²) in [5, 5.41) is 21.0. The molecule has 28 heavy (non-hydrogen) atoms. The molecule has 158 valence electrons. The maximum absolute atomic E-state index is 13.3. The number of aliphatic hydroxyl groups excluding tert-OH is 1. The van der Waals surface area contributed by atoms with Crippen LogP contribution < -0.4 is 16.0 Å². The second-order valence-electron chi connectivity index (χ2n) is 9.71. The molecule has 4 N–H and O–H groups in total. The summed E-state index contributed by atoms with van der Waals surface area (Å²) in [5.41, 5.74) is 0.264. The van der Waals surface area contributed by atoms with Crippen molar-refractivity contribution < 1.29 is 9.90 Å². The van der Waals surface area contributed by atoms with E-state index in [1.807, 2.05) is 11.8 Å². The van der Waals surface area contributed by atoms with Gasteiger partial charge in [-0.25, -0.2) is 0 Å². The van der Waals surface area contributed by atoms with E-state index in [0.29, 0.717) is 35.2 Å². The third-order valence-corrected chi connectivity index (χ3v) is 9.38. The number of carbonyl (C=O) groups is 1. The van der Waals surface area contributed by atoms with E-state index in [9.17, 15) is 9.90 Å². The molecule has 0 bridgehead atoms. The van der Waals surface area contributed by atoms with Crippen LogP contribution >= 0.6 is 11.8 Å². The highest BCUT2D eigenvalue weighted by atomic mass is 32.2. The maximum atomic E-state index is 13.3. The smallest absolute Gasteiger partial charge is 0.239 e. The third-order valence-electron chi connectivity index (χ3n) is 8.01. The first-order valence-corrected chi connectivity index (χ1v) is 12.5. The van der Waals surface area contributed by atoms with Crippen LogP contribution in [0.3, 0.4) is 0 Å². The fourth-order valence-corrected chi connectivity index (χ4v) is 7.84. The van der Waals surface area contributed by atoms with Crippen LogP contribution in [0.25, 0.3) is 0 Å². The van der Waals surface area contributed by atoms with E-state index < -0.39 is 0 Å². The second-order valence-corrected chi connectivity index (χ2v) is 11.1. The lowest BCUT2D eigenvalue weighted by Gasteiger charge is -2.35. The zero-order chi connectivity index (χ0) is 19.3. The first-order chi connectivity index (χ1) is 13.6. The van der Waals surface area contributed by atoms with Crippen LogP contribution in [0.4, 0.5) is 0 Å². The van der Waals surface area contributed by atoms with E-state index in [0.717, 1.165) is 44.7 Å². The third kappa shape index (κ3) is 3.73. The fraction of sp³-hybridized carbons (Fsp3) is 0.952. The lowest BCUT2D eigenvalue weighted by molar-refractivity contribution is -0.134. The maximum Gasteiger partial charge on any atom is 0.239 e. The van der Waals surface area contributed by atoms with E-state index in [1.54, 1.807) is 0 Å². The van der Waals surface area contributed by atoms with Crippen molar-refractivity contribution in [2.45, 2.75) is 99.3 Å². The van der Waals surface area contributed by atoms with Crippen LogP contribution in [0.1, 0.15) is 58.3 Å². The van der Waals surface area contributed by atoms with Crippen LogP contribution in [-0.2, 0) is 4.79 Å². The Bertz CT molecular complexity index is 587. The topological polar surface area (TPSA) is 76.6 Å². The van der Waals surface area contributed by atoms with E-state index in [2.05, 4.69) is 27.8 Å². The second kappa shape index (κ2) is 8.06. The van der Waals surface area contributed by atoms with E-state index in [1.165, 1.54) is 25.7 Å². The SMILES string of the molecule is CCC1CCCC2NC(C(=O)N3CCC4NC(NC5CC(O)C5)SC4C3)CC12. The van der Waals surface area contributed by atoms with Gasteiger partial charge in [0.05, 0.1) is 12.1 Å². The Hall–Kier alpha value is -0.340. The minimum atomic E-state index is -0.116. The Morgan fingerprint density at radius 1 is 1.18 bits per heavy atom. The molecule has 0 aromatic heterocycles. The van der Waals surface area contributed by atoms with Gasteiger partial charge >= 0.3 is 0 Å². The van der Waals surface area contributed by atoms with Crippen LogP contribution in [0.2, 0.25) is 0 Å². The number of amides is 1. The molecule has 0 spiro atoms. The Morgan fingerprint density at radius 2 is 2.04 bits per heavy atom. The molecule has 6 nitrogen and oxygen atoms in total. The molecule has 5 fully saturated rings. The van der Waals surface area contributed by atoms with Crippen molar-refractivity contribution in [3.8, 4) is 0 Å². The van der Waals surface area contributed by atoms with Crippen molar-refractivity contribution in [2.24, 2.45) is 11.8 Å². The zero-order valence-corrected chi connectivity index (χ0v) is 17.8. The molecule has 5 rings (SSSR count). The van der Waals surface area contributed by atoms with Gasteiger partial charge in [-0.2, -0.15) is 0 Å². The molecule has 2 aliphatic carbocycles. The number of carbonyl (C=O) groups excluding carboxylic acids is 1. The molecule has 7 unspecified atom stereocenters. The summed E-state index contributed by atoms with van der Waals surface area (Å²) in [7, 11) is 0. The Kier molecular flexibility index (Phi) is 5.65. The minimum Gasteiger partial charge on any atom is -0.393 e. The number of piperidine rings is 1. The monoisotopic (exact) mass is 408 g/mol. The van der Waals surface area contributed by atoms with E-state index >= 15 is 0 Å². The summed E-state index contributed by atoms with van der Waals surface area (Å²) in [6.45, 7) is 4.07. The number of aliphatic hydroxyl groups is 1. The van der Waals surface area contributed by atoms with Crippen molar-refractivity contribution in [3.05, 3.63) is 0 Å². The van der Waals surface area contributed by atoms with Crippen molar-refractivity contribution in [1.29, 1.82) is 0 Å². The lowest BCUT2D eigenvalue weighted by Crippen LogP contribution is -2.55. The summed E-state index contributed by atoms with van der Waals surface area (Å²) < 4.78 is 0. The van der Waals surface area contributed by atoms with Gasteiger partial charge in [-0.3, -0.25) is 15.4 Å². The number of likely N-dealkylation sites (tertiary alicyclic amines) is 1. The highest BCUT2D eigenvalue weighted by Gasteiger charge is 2.46. The summed E-state index contributed by atoms with van der Waals surface area (Å²) >= 11 is 1.94. The van der Waals surface area contributed by atoms with Gasteiger partial charge in [0.15, 0.2) is 0 Å². The van der Waals surface area contributed by atoms with Gasteiger partial charge in [0.2, 0.25) is 5.91 Å². The van der Waals surface area contributed by atoms with Crippen LogP contribution in [0.5, 0.6) is 0 Å². The first-order valence-electron chi connectivity index (χ1n) is 11.5.